The maximum absolute atomic E-state index is 4.41. The molecule has 1 aromatic rings. The van der Waals surface area contributed by atoms with Crippen molar-refractivity contribution in [3.63, 3.8) is 0 Å². The van der Waals surface area contributed by atoms with Crippen molar-refractivity contribution in [2.24, 2.45) is 5.41 Å². The molecule has 3 heteroatoms. The van der Waals surface area contributed by atoms with Crippen molar-refractivity contribution in [1.82, 2.24) is 10.3 Å². The fourth-order valence-corrected chi connectivity index (χ4v) is 3.73. The topological polar surface area (TPSA) is 24.9 Å². The van der Waals surface area contributed by atoms with Gasteiger partial charge in [-0.05, 0) is 36.6 Å². The zero-order valence-corrected chi connectivity index (χ0v) is 11.8. The first-order valence-electron chi connectivity index (χ1n) is 6.31. The second-order valence-corrected chi connectivity index (χ2v) is 6.75. The van der Waals surface area contributed by atoms with Gasteiger partial charge in [0.15, 0.2) is 0 Å². The summed E-state index contributed by atoms with van der Waals surface area (Å²) in [6.45, 7) is 6.92. The third-order valence-corrected chi connectivity index (χ3v) is 4.85. The third-order valence-electron chi connectivity index (χ3n) is 3.23. The van der Waals surface area contributed by atoms with E-state index in [9.17, 15) is 0 Å². The summed E-state index contributed by atoms with van der Waals surface area (Å²) in [5, 5.41) is 3.71. The molecule has 17 heavy (non-hydrogen) atoms. The number of nitrogens with zero attached hydrogens (tertiary/aromatic N) is 1. The standard InChI is InChI=1S/C14H22N2S/c1-11(13-6-4-5-7-15-13)16-12-8-14(2,3)10-17-9-12/h4-7,11-12,16H,8-10H2,1-3H3/t11-,12?/m0/s1. The minimum Gasteiger partial charge on any atom is -0.305 e. The molecule has 2 nitrogen and oxygen atoms in total. The van der Waals surface area contributed by atoms with Crippen LogP contribution in [0.15, 0.2) is 24.4 Å². The summed E-state index contributed by atoms with van der Waals surface area (Å²) in [6.07, 6.45) is 3.13. The van der Waals surface area contributed by atoms with Gasteiger partial charge < -0.3 is 5.32 Å². The molecule has 2 heterocycles. The lowest BCUT2D eigenvalue weighted by Gasteiger charge is -2.36. The van der Waals surface area contributed by atoms with Gasteiger partial charge in [0.05, 0.1) is 5.69 Å². The largest absolute Gasteiger partial charge is 0.305 e. The van der Waals surface area contributed by atoms with E-state index in [0.717, 1.165) is 5.69 Å². The van der Waals surface area contributed by atoms with Gasteiger partial charge in [-0.2, -0.15) is 11.8 Å². The van der Waals surface area contributed by atoms with Crippen LogP contribution >= 0.6 is 11.8 Å². The van der Waals surface area contributed by atoms with Crippen LogP contribution in [0.1, 0.15) is 38.9 Å². The van der Waals surface area contributed by atoms with Gasteiger partial charge in [-0.1, -0.05) is 19.9 Å². The Morgan fingerprint density at radius 1 is 1.47 bits per heavy atom. The summed E-state index contributed by atoms with van der Waals surface area (Å²) >= 11 is 2.06. The molecular weight excluding hydrogens is 228 g/mol. The average Bonchev–Trinajstić information content (AvgIpc) is 2.29. The number of pyridine rings is 1. The lowest BCUT2D eigenvalue weighted by molar-refractivity contribution is 0.304. The maximum atomic E-state index is 4.41. The molecule has 1 N–H and O–H groups in total. The predicted octanol–water partition coefficient (Wildman–Crippen LogP) is 3.26. The molecule has 94 valence electrons. The van der Waals surface area contributed by atoms with Crippen LogP contribution in [0.3, 0.4) is 0 Å². The summed E-state index contributed by atoms with van der Waals surface area (Å²) < 4.78 is 0. The zero-order valence-electron chi connectivity index (χ0n) is 10.9. The number of nitrogens with one attached hydrogen (secondary N) is 1. The Morgan fingerprint density at radius 2 is 2.29 bits per heavy atom. The van der Waals surface area contributed by atoms with Crippen molar-refractivity contribution in [1.29, 1.82) is 0 Å². The Morgan fingerprint density at radius 3 is 2.94 bits per heavy atom. The van der Waals surface area contributed by atoms with Crippen molar-refractivity contribution in [3.8, 4) is 0 Å². The van der Waals surface area contributed by atoms with E-state index in [1.807, 2.05) is 12.3 Å². The van der Waals surface area contributed by atoms with Gasteiger partial charge in [-0.3, -0.25) is 4.98 Å². The van der Waals surface area contributed by atoms with Crippen molar-refractivity contribution < 1.29 is 0 Å². The van der Waals surface area contributed by atoms with Crippen molar-refractivity contribution in [3.05, 3.63) is 30.1 Å². The number of hydrogen-bond acceptors (Lipinski definition) is 3. The summed E-state index contributed by atoms with van der Waals surface area (Å²) in [4.78, 5) is 4.41. The molecule has 0 amide bonds. The quantitative estimate of drug-likeness (QED) is 0.891. The molecule has 0 saturated carbocycles. The monoisotopic (exact) mass is 250 g/mol. The Kier molecular flexibility index (Phi) is 4.10. The highest BCUT2D eigenvalue weighted by Gasteiger charge is 2.29. The van der Waals surface area contributed by atoms with Crippen LogP contribution in [-0.4, -0.2) is 22.5 Å². The van der Waals surface area contributed by atoms with Crippen molar-refractivity contribution in [2.75, 3.05) is 11.5 Å². The minimum atomic E-state index is 0.343. The molecular formula is C14H22N2S. The normalized spacial score (nSPS) is 25.5. The van der Waals surface area contributed by atoms with Crippen molar-refractivity contribution >= 4 is 11.8 Å². The second kappa shape index (κ2) is 5.40. The molecule has 0 radical (unpaired) electrons. The van der Waals surface area contributed by atoms with E-state index < -0.39 is 0 Å². The minimum absolute atomic E-state index is 0.343. The first-order valence-corrected chi connectivity index (χ1v) is 7.47. The van der Waals surface area contributed by atoms with Crippen LogP contribution in [0, 0.1) is 5.41 Å². The summed E-state index contributed by atoms with van der Waals surface area (Å²) in [7, 11) is 0. The van der Waals surface area contributed by atoms with Crippen LogP contribution in [-0.2, 0) is 0 Å². The highest BCUT2D eigenvalue weighted by molar-refractivity contribution is 7.99. The molecule has 1 aliphatic heterocycles. The molecule has 0 aliphatic carbocycles. The predicted molar refractivity (Wildman–Crippen MR) is 75.3 cm³/mol. The van der Waals surface area contributed by atoms with Gasteiger partial charge in [-0.15, -0.1) is 0 Å². The molecule has 1 aromatic heterocycles. The van der Waals surface area contributed by atoms with Crippen LogP contribution in [0.25, 0.3) is 0 Å². The molecule has 1 saturated heterocycles. The van der Waals surface area contributed by atoms with Gasteiger partial charge in [-0.25, -0.2) is 0 Å². The number of thioether (sulfide) groups is 1. The fraction of sp³-hybridized carbons (Fsp3) is 0.643. The van der Waals surface area contributed by atoms with Crippen LogP contribution in [0.5, 0.6) is 0 Å². The summed E-state index contributed by atoms with van der Waals surface area (Å²) in [5.74, 6) is 2.50. The Hall–Kier alpha value is -0.540. The number of hydrogen-bond donors (Lipinski definition) is 1. The van der Waals surface area contributed by atoms with Gasteiger partial charge in [0.25, 0.3) is 0 Å². The number of rotatable bonds is 3. The first kappa shape index (κ1) is 12.9. The molecule has 0 bridgehead atoms. The average molecular weight is 250 g/mol. The maximum Gasteiger partial charge on any atom is 0.0570 e. The zero-order chi connectivity index (χ0) is 12.3. The Bertz CT molecular complexity index is 350. The molecule has 1 fully saturated rings. The molecule has 2 rings (SSSR count). The first-order chi connectivity index (χ1) is 8.07. The highest BCUT2D eigenvalue weighted by Crippen LogP contribution is 2.34. The van der Waals surface area contributed by atoms with E-state index in [4.69, 9.17) is 0 Å². The van der Waals surface area contributed by atoms with E-state index >= 15 is 0 Å². The summed E-state index contributed by atoms with van der Waals surface area (Å²) in [5.41, 5.74) is 1.60. The van der Waals surface area contributed by atoms with Gasteiger partial charge in [0.1, 0.15) is 0 Å². The SMILES string of the molecule is C[C@H](NC1CSCC(C)(C)C1)c1ccccn1. The molecule has 1 unspecified atom stereocenters. The van der Waals surface area contributed by atoms with Crippen LogP contribution in [0.2, 0.25) is 0 Å². The third kappa shape index (κ3) is 3.71. The van der Waals surface area contributed by atoms with E-state index in [-0.39, 0.29) is 0 Å². The van der Waals surface area contributed by atoms with Crippen LogP contribution < -0.4 is 5.32 Å². The highest BCUT2D eigenvalue weighted by atomic mass is 32.2. The van der Waals surface area contributed by atoms with Gasteiger partial charge in [0, 0.05) is 24.0 Å². The lowest BCUT2D eigenvalue weighted by atomic mass is 9.87. The summed E-state index contributed by atoms with van der Waals surface area (Å²) in [6, 6.07) is 7.07. The number of aromatic nitrogens is 1. The van der Waals surface area contributed by atoms with Crippen LogP contribution in [0.4, 0.5) is 0 Å². The second-order valence-electron chi connectivity index (χ2n) is 5.72. The van der Waals surface area contributed by atoms with E-state index in [1.54, 1.807) is 0 Å². The molecule has 1 aliphatic rings. The Balaban J connectivity index is 1.93. The molecule has 0 aromatic carbocycles. The van der Waals surface area contributed by atoms with Gasteiger partial charge >= 0.3 is 0 Å². The fourth-order valence-electron chi connectivity index (χ4n) is 2.44. The van der Waals surface area contributed by atoms with E-state index in [1.165, 1.54) is 17.9 Å². The van der Waals surface area contributed by atoms with Crippen molar-refractivity contribution in [2.45, 2.75) is 39.3 Å². The lowest BCUT2D eigenvalue weighted by Crippen LogP contribution is -2.41. The molecule has 2 atom stereocenters. The Labute approximate surface area is 109 Å². The van der Waals surface area contributed by atoms with E-state index in [2.05, 4.69) is 55.0 Å². The van der Waals surface area contributed by atoms with E-state index in [0.29, 0.717) is 17.5 Å². The molecule has 0 spiro atoms. The smallest absolute Gasteiger partial charge is 0.0570 e. The van der Waals surface area contributed by atoms with Gasteiger partial charge in [0.2, 0.25) is 0 Å².